The summed E-state index contributed by atoms with van der Waals surface area (Å²) in [6.07, 6.45) is 5.48. The van der Waals surface area contributed by atoms with Crippen LogP contribution in [-0.4, -0.2) is 20.7 Å². The molecule has 2 aliphatic carbocycles. The van der Waals surface area contributed by atoms with E-state index in [4.69, 9.17) is 4.43 Å². The molecule has 0 aromatic heterocycles. The minimum atomic E-state index is -1.67. The molecule has 0 bridgehead atoms. The maximum atomic E-state index is 12.3. The van der Waals surface area contributed by atoms with Crippen molar-refractivity contribution in [1.29, 1.82) is 0 Å². The molecule has 0 spiro atoms. The fraction of sp³-hybridized carbons (Fsp3) is 0.947. The second-order valence-corrected chi connectivity index (χ2v) is 14.4. The largest absolute Gasteiger partial charge is 0.417 e. The fourth-order valence-corrected chi connectivity index (χ4v) is 5.69. The molecule has 22 heavy (non-hydrogen) atoms. The Morgan fingerprint density at radius 3 is 2.55 bits per heavy atom. The first-order valence-corrected chi connectivity index (χ1v) is 12.1. The SMILES string of the molecule is C[C@H](CO[Si](C)(C)C(C)(C)C)[C@H]1CC[C@H]2C(=O)CCC[C@]12C. The predicted octanol–water partition coefficient (Wildman–Crippen LogP) is 5.43. The van der Waals surface area contributed by atoms with Crippen molar-refractivity contribution in [2.75, 3.05) is 6.61 Å². The summed E-state index contributed by atoms with van der Waals surface area (Å²) in [6, 6.07) is 0. The highest BCUT2D eigenvalue weighted by Crippen LogP contribution is 2.56. The number of rotatable bonds is 4. The maximum Gasteiger partial charge on any atom is 0.191 e. The van der Waals surface area contributed by atoms with Gasteiger partial charge in [-0.25, -0.2) is 0 Å². The Hall–Kier alpha value is -0.153. The molecule has 0 amide bonds. The van der Waals surface area contributed by atoms with Crippen molar-refractivity contribution in [3.63, 3.8) is 0 Å². The van der Waals surface area contributed by atoms with Crippen LogP contribution in [0.25, 0.3) is 0 Å². The van der Waals surface area contributed by atoms with Crippen LogP contribution in [0.1, 0.15) is 66.7 Å². The average Bonchev–Trinajstić information content (AvgIpc) is 2.73. The molecule has 0 unspecified atom stereocenters. The summed E-state index contributed by atoms with van der Waals surface area (Å²) in [5, 5.41) is 0.273. The highest BCUT2D eigenvalue weighted by atomic mass is 28.4. The van der Waals surface area contributed by atoms with E-state index in [1.54, 1.807) is 0 Å². The fourth-order valence-electron chi connectivity index (χ4n) is 4.58. The van der Waals surface area contributed by atoms with E-state index in [1.165, 1.54) is 12.8 Å². The quantitative estimate of drug-likeness (QED) is 0.644. The lowest BCUT2D eigenvalue weighted by atomic mass is 9.62. The molecule has 2 nitrogen and oxygen atoms in total. The van der Waals surface area contributed by atoms with Gasteiger partial charge in [-0.2, -0.15) is 0 Å². The van der Waals surface area contributed by atoms with Crippen molar-refractivity contribution in [2.45, 2.75) is 84.9 Å². The van der Waals surface area contributed by atoms with Crippen LogP contribution < -0.4 is 0 Å². The first-order chi connectivity index (χ1) is 9.99. The van der Waals surface area contributed by atoms with Crippen molar-refractivity contribution < 1.29 is 9.22 Å². The molecule has 2 fully saturated rings. The third-order valence-electron chi connectivity index (χ3n) is 7.14. The summed E-state index contributed by atoms with van der Waals surface area (Å²) in [7, 11) is -1.67. The zero-order valence-electron chi connectivity index (χ0n) is 15.8. The van der Waals surface area contributed by atoms with Crippen LogP contribution in [0, 0.1) is 23.2 Å². The third kappa shape index (κ3) is 3.21. The van der Waals surface area contributed by atoms with Gasteiger partial charge < -0.3 is 4.43 Å². The van der Waals surface area contributed by atoms with Gasteiger partial charge in [-0.05, 0) is 61.1 Å². The number of ketones is 1. The normalized spacial score (nSPS) is 34.6. The number of hydrogen-bond acceptors (Lipinski definition) is 2. The first-order valence-electron chi connectivity index (χ1n) is 9.16. The maximum absolute atomic E-state index is 12.3. The highest BCUT2D eigenvalue weighted by molar-refractivity contribution is 6.74. The van der Waals surface area contributed by atoms with E-state index in [0.717, 1.165) is 25.9 Å². The van der Waals surface area contributed by atoms with Gasteiger partial charge in [0.2, 0.25) is 0 Å². The van der Waals surface area contributed by atoms with Gasteiger partial charge in [0.05, 0.1) is 0 Å². The monoisotopic (exact) mass is 324 g/mol. The zero-order chi connectivity index (χ0) is 16.8. The van der Waals surface area contributed by atoms with Gasteiger partial charge in [0, 0.05) is 18.9 Å². The number of carbonyl (C=O) groups is 1. The molecular formula is C19H36O2Si. The molecule has 0 radical (unpaired) electrons. The number of carbonyl (C=O) groups excluding carboxylic acids is 1. The van der Waals surface area contributed by atoms with Gasteiger partial charge in [0.1, 0.15) is 5.78 Å². The van der Waals surface area contributed by atoms with E-state index in [-0.39, 0.29) is 10.5 Å². The lowest BCUT2D eigenvalue weighted by Crippen LogP contribution is -2.44. The van der Waals surface area contributed by atoms with Crippen molar-refractivity contribution in [3.8, 4) is 0 Å². The molecule has 2 rings (SSSR count). The molecule has 3 heteroatoms. The smallest absolute Gasteiger partial charge is 0.191 e. The lowest BCUT2D eigenvalue weighted by Gasteiger charge is -2.43. The van der Waals surface area contributed by atoms with Crippen LogP contribution in [0.5, 0.6) is 0 Å². The van der Waals surface area contributed by atoms with Gasteiger partial charge in [0.25, 0.3) is 0 Å². The molecule has 0 heterocycles. The van der Waals surface area contributed by atoms with Crippen molar-refractivity contribution in [3.05, 3.63) is 0 Å². The van der Waals surface area contributed by atoms with Gasteiger partial charge in [0.15, 0.2) is 8.32 Å². The Balaban J connectivity index is 2.02. The topological polar surface area (TPSA) is 26.3 Å². The van der Waals surface area contributed by atoms with E-state index in [9.17, 15) is 4.79 Å². The van der Waals surface area contributed by atoms with Crippen LogP contribution in [0.2, 0.25) is 18.1 Å². The Morgan fingerprint density at radius 2 is 1.95 bits per heavy atom. The minimum Gasteiger partial charge on any atom is -0.417 e. The third-order valence-corrected chi connectivity index (χ3v) is 11.6. The Bertz CT molecular complexity index is 424. The summed E-state index contributed by atoms with van der Waals surface area (Å²) < 4.78 is 6.47. The van der Waals surface area contributed by atoms with Gasteiger partial charge in [-0.15, -0.1) is 0 Å². The molecule has 0 aromatic rings. The molecule has 0 saturated heterocycles. The molecule has 0 aromatic carbocycles. The Kier molecular flexibility index (Phi) is 5.00. The van der Waals surface area contributed by atoms with Crippen LogP contribution in [-0.2, 0) is 9.22 Å². The molecule has 2 aliphatic rings. The highest BCUT2D eigenvalue weighted by Gasteiger charge is 2.52. The predicted molar refractivity (Wildman–Crippen MR) is 95.5 cm³/mol. The summed E-state index contributed by atoms with van der Waals surface area (Å²) in [4.78, 5) is 12.3. The van der Waals surface area contributed by atoms with Gasteiger partial charge in [-0.1, -0.05) is 34.6 Å². The van der Waals surface area contributed by atoms with Crippen molar-refractivity contribution >= 4 is 14.1 Å². The van der Waals surface area contributed by atoms with Crippen molar-refractivity contribution in [2.24, 2.45) is 23.2 Å². The summed E-state index contributed by atoms with van der Waals surface area (Å²) in [5.41, 5.74) is 0.242. The second kappa shape index (κ2) is 6.05. The Labute approximate surface area is 138 Å². The van der Waals surface area contributed by atoms with E-state index in [0.29, 0.717) is 23.5 Å². The van der Waals surface area contributed by atoms with E-state index in [2.05, 4.69) is 47.7 Å². The summed E-state index contributed by atoms with van der Waals surface area (Å²) in [5.74, 6) is 2.09. The molecular weight excluding hydrogens is 288 g/mol. The van der Waals surface area contributed by atoms with E-state index in [1.807, 2.05) is 0 Å². The number of fused-ring (bicyclic) bond motifs is 1. The van der Waals surface area contributed by atoms with Crippen LogP contribution in [0.15, 0.2) is 0 Å². The minimum absolute atomic E-state index is 0.242. The average molecular weight is 325 g/mol. The molecule has 2 saturated carbocycles. The number of Topliss-reactive ketones (excluding diaryl/α,β-unsaturated/α-hetero) is 1. The van der Waals surface area contributed by atoms with E-state index >= 15 is 0 Å². The molecule has 0 aliphatic heterocycles. The van der Waals surface area contributed by atoms with Crippen LogP contribution >= 0.6 is 0 Å². The van der Waals surface area contributed by atoms with E-state index < -0.39 is 8.32 Å². The standard InChI is InChI=1S/C19H36O2Si/c1-14(13-21-22(6,7)18(2,3)4)15-10-11-16-17(20)9-8-12-19(15,16)5/h14-16H,8-13H2,1-7H3/t14-,15-,16+,19-/m1/s1. The second-order valence-electron chi connectivity index (χ2n) is 9.61. The van der Waals surface area contributed by atoms with Crippen molar-refractivity contribution in [1.82, 2.24) is 0 Å². The number of hydrogen-bond donors (Lipinski definition) is 0. The lowest BCUT2D eigenvalue weighted by molar-refractivity contribution is -0.130. The zero-order valence-corrected chi connectivity index (χ0v) is 16.8. The van der Waals surface area contributed by atoms with Crippen LogP contribution in [0.4, 0.5) is 0 Å². The van der Waals surface area contributed by atoms with Gasteiger partial charge in [-0.3, -0.25) is 4.79 Å². The first kappa shape index (κ1) is 18.2. The summed E-state index contributed by atoms with van der Waals surface area (Å²) in [6.45, 7) is 17.2. The Morgan fingerprint density at radius 1 is 1.32 bits per heavy atom. The molecule has 4 atom stereocenters. The summed E-state index contributed by atoms with van der Waals surface area (Å²) >= 11 is 0. The van der Waals surface area contributed by atoms with Crippen LogP contribution in [0.3, 0.4) is 0 Å². The van der Waals surface area contributed by atoms with Gasteiger partial charge >= 0.3 is 0 Å². The molecule has 128 valence electrons. The molecule has 0 N–H and O–H groups in total.